The molecule has 0 saturated carbocycles. The molecule has 0 aliphatic heterocycles. The van der Waals surface area contributed by atoms with Crippen molar-refractivity contribution in [2.45, 2.75) is 13.8 Å². The lowest BCUT2D eigenvalue weighted by molar-refractivity contribution is -0.138. The van der Waals surface area contributed by atoms with Gasteiger partial charge >= 0.3 is 5.97 Å². The van der Waals surface area contributed by atoms with Crippen LogP contribution in [0.1, 0.15) is 19.4 Å². The molecule has 0 atom stereocenters. The molecule has 0 unspecified atom stereocenters. The van der Waals surface area contributed by atoms with Gasteiger partial charge in [0.2, 0.25) is 0 Å². The summed E-state index contributed by atoms with van der Waals surface area (Å²) in [5, 5.41) is 0. The Morgan fingerprint density at radius 1 is 0.950 bits per heavy atom. The van der Waals surface area contributed by atoms with Crippen LogP contribution in [0.4, 0.5) is 0 Å². The maximum absolute atomic E-state index is 10.8. The summed E-state index contributed by atoms with van der Waals surface area (Å²) in [6, 6.07) is 18.0. The van der Waals surface area contributed by atoms with Crippen molar-refractivity contribution in [3.8, 4) is 11.1 Å². The molecule has 2 N–H and O–H groups in total. The first-order chi connectivity index (χ1) is 9.79. The predicted molar refractivity (Wildman–Crippen MR) is 82.5 cm³/mol. The first-order valence-electron chi connectivity index (χ1n) is 6.54. The van der Waals surface area contributed by atoms with Crippen LogP contribution in [0.3, 0.4) is 0 Å². The van der Waals surface area contributed by atoms with Gasteiger partial charge in [-0.2, -0.15) is 5.90 Å². The molecule has 2 aromatic rings. The molecular weight excluding hydrogens is 250 g/mol. The quantitative estimate of drug-likeness (QED) is 0.681. The van der Waals surface area contributed by atoms with E-state index in [0.29, 0.717) is 0 Å². The van der Waals surface area contributed by atoms with Crippen LogP contribution in [0.25, 0.3) is 17.2 Å². The molecule has 20 heavy (non-hydrogen) atoms. The fraction of sp³-hybridized carbons (Fsp3) is 0.118. The fourth-order valence-corrected chi connectivity index (χ4v) is 1.62. The van der Waals surface area contributed by atoms with Crippen LogP contribution in [0.2, 0.25) is 0 Å². The van der Waals surface area contributed by atoms with Crippen LogP contribution < -0.4 is 5.90 Å². The second-order valence-electron chi connectivity index (χ2n) is 3.76. The Hall–Kier alpha value is -2.39. The van der Waals surface area contributed by atoms with Crippen molar-refractivity contribution in [1.82, 2.24) is 0 Å². The summed E-state index contributed by atoms with van der Waals surface area (Å²) in [4.78, 5) is 14.9. The number of hydrogen-bond donors (Lipinski definition) is 1. The summed E-state index contributed by atoms with van der Waals surface area (Å²) in [6.07, 6.45) is 2.95. The SMILES string of the molecule is CC.NOC(=O)/C=C/c1ccc(-c2ccccc2)cc1. The molecule has 2 rings (SSSR count). The molecule has 0 aliphatic carbocycles. The minimum absolute atomic E-state index is 0.567. The third kappa shape index (κ3) is 4.71. The van der Waals surface area contributed by atoms with E-state index in [1.54, 1.807) is 6.08 Å². The summed E-state index contributed by atoms with van der Waals surface area (Å²) >= 11 is 0. The topological polar surface area (TPSA) is 52.3 Å². The standard InChI is InChI=1S/C15H13NO2.C2H6/c16-18-15(17)11-8-12-6-9-14(10-7-12)13-4-2-1-3-5-13;1-2/h1-11H,16H2;1-2H3/b11-8+;. The summed E-state index contributed by atoms with van der Waals surface area (Å²) in [7, 11) is 0. The first-order valence-corrected chi connectivity index (χ1v) is 6.54. The molecule has 0 radical (unpaired) electrons. The van der Waals surface area contributed by atoms with Gasteiger partial charge < -0.3 is 4.84 Å². The maximum atomic E-state index is 10.8. The minimum atomic E-state index is -0.567. The van der Waals surface area contributed by atoms with Crippen LogP contribution in [0.5, 0.6) is 0 Å². The predicted octanol–water partition coefficient (Wildman–Crippen LogP) is 3.81. The van der Waals surface area contributed by atoms with E-state index < -0.39 is 5.97 Å². The molecule has 0 bridgehead atoms. The van der Waals surface area contributed by atoms with Crippen LogP contribution in [-0.2, 0) is 9.63 Å². The third-order valence-corrected chi connectivity index (χ3v) is 2.55. The van der Waals surface area contributed by atoms with Gasteiger partial charge in [-0.3, -0.25) is 0 Å². The second-order valence-corrected chi connectivity index (χ2v) is 3.76. The molecule has 104 valence electrons. The highest BCUT2D eigenvalue weighted by Gasteiger charge is 1.96. The lowest BCUT2D eigenvalue weighted by Gasteiger charge is -2.01. The number of benzene rings is 2. The van der Waals surface area contributed by atoms with Gasteiger partial charge in [-0.25, -0.2) is 4.79 Å². The molecule has 2 aromatic carbocycles. The van der Waals surface area contributed by atoms with Crippen LogP contribution in [-0.4, -0.2) is 5.97 Å². The highest BCUT2D eigenvalue weighted by molar-refractivity contribution is 5.86. The van der Waals surface area contributed by atoms with Gasteiger partial charge in [0, 0.05) is 6.08 Å². The Bertz CT molecular complexity index is 545. The zero-order valence-corrected chi connectivity index (χ0v) is 11.7. The lowest BCUT2D eigenvalue weighted by Crippen LogP contribution is -2.05. The van der Waals surface area contributed by atoms with E-state index in [0.717, 1.165) is 16.7 Å². The zero-order chi connectivity index (χ0) is 14.8. The van der Waals surface area contributed by atoms with E-state index in [2.05, 4.69) is 17.0 Å². The Morgan fingerprint density at radius 2 is 1.50 bits per heavy atom. The van der Waals surface area contributed by atoms with Gasteiger partial charge in [-0.15, -0.1) is 0 Å². The van der Waals surface area contributed by atoms with Crippen molar-refractivity contribution in [2.75, 3.05) is 0 Å². The molecule has 0 aliphatic rings. The molecule has 3 heteroatoms. The van der Waals surface area contributed by atoms with E-state index in [9.17, 15) is 4.79 Å². The highest BCUT2D eigenvalue weighted by Crippen LogP contribution is 2.19. The van der Waals surface area contributed by atoms with Crippen molar-refractivity contribution in [2.24, 2.45) is 5.90 Å². The molecule has 3 nitrogen and oxygen atoms in total. The Morgan fingerprint density at radius 3 is 2.05 bits per heavy atom. The van der Waals surface area contributed by atoms with E-state index in [1.807, 2.05) is 56.3 Å². The summed E-state index contributed by atoms with van der Waals surface area (Å²) < 4.78 is 0. The molecule has 0 aromatic heterocycles. The van der Waals surface area contributed by atoms with Gasteiger partial charge in [-0.1, -0.05) is 68.4 Å². The third-order valence-electron chi connectivity index (χ3n) is 2.55. The molecule has 0 fully saturated rings. The van der Waals surface area contributed by atoms with Crippen LogP contribution in [0, 0.1) is 0 Å². The van der Waals surface area contributed by atoms with Crippen LogP contribution >= 0.6 is 0 Å². The fourth-order valence-electron chi connectivity index (χ4n) is 1.62. The van der Waals surface area contributed by atoms with Gasteiger partial charge in [0.1, 0.15) is 0 Å². The van der Waals surface area contributed by atoms with Crippen molar-refractivity contribution in [3.05, 3.63) is 66.2 Å². The second kappa shape index (κ2) is 8.67. The number of carbonyl (C=O) groups is 1. The average molecular weight is 269 g/mol. The Kier molecular flexibility index (Phi) is 6.79. The van der Waals surface area contributed by atoms with Gasteiger partial charge in [0.15, 0.2) is 0 Å². The maximum Gasteiger partial charge on any atom is 0.349 e. The van der Waals surface area contributed by atoms with Crippen molar-refractivity contribution >= 4 is 12.0 Å². The highest BCUT2D eigenvalue weighted by atomic mass is 16.7. The molecule has 0 spiro atoms. The van der Waals surface area contributed by atoms with Gasteiger partial charge in [0.25, 0.3) is 0 Å². The smallest absolute Gasteiger partial charge is 0.349 e. The molecular formula is C17H19NO2. The number of nitrogens with two attached hydrogens (primary N) is 1. The number of carbonyl (C=O) groups excluding carboxylic acids is 1. The zero-order valence-electron chi connectivity index (χ0n) is 11.7. The van der Waals surface area contributed by atoms with Crippen molar-refractivity contribution in [3.63, 3.8) is 0 Å². The number of rotatable bonds is 3. The summed E-state index contributed by atoms with van der Waals surface area (Å²) in [5.41, 5.74) is 3.21. The molecule has 0 heterocycles. The summed E-state index contributed by atoms with van der Waals surface area (Å²) in [5.74, 6) is 4.17. The molecule has 0 amide bonds. The van der Waals surface area contributed by atoms with E-state index in [1.165, 1.54) is 6.08 Å². The van der Waals surface area contributed by atoms with E-state index in [-0.39, 0.29) is 0 Å². The Labute approximate surface area is 119 Å². The first kappa shape index (κ1) is 15.7. The monoisotopic (exact) mass is 269 g/mol. The Balaban J connectivity index is 0.000000956. The lowest BCUT2D eigenvalue weighted by atomic mass is 10.0. The van der Waals surface area contributed by atoms with Gasteiger partial charge in [-0.05, 0) is 22.8 Å². The number of hydrogen-bond acceptors (Lipinski definition) is 3. The largest absolute Gasteiger partial charge is 0.370 e. The van der Waals surface area contributed by atoms with Gasteiger partial charge in [0.05, 0.1) is 0 Å². The van der Waals surface area contributed by atoms with E-state index in [4.69, 9.17) is 5.90 Å². The van der Waals surface area contributed by atoms with Crippen molar-refractivity contribution < 1.29 is 9.63 Å². The molecule has 0 saturated heterocycles. The normalized spacial score (nSPS) is 9.75. The average Bonchev–Trinajstić information content (AvgIpc) is 2.56. The van der Waals surface area contributed by atoms with Crippen molar-refractivity contribution in [1.29, 1.82) is 0 Å². The minimum Gasteiger partial charge on any atom is -0.370 e. The van der Waals surface area contributed by atoms with E-state index >= 15 is 0 Å². The summed E-state index contributed by atoms with van der Waals surface area (Å²) in [6.45, 7) is 4.00. The van der Waals surface area contributed by atoms with Crippen LogP contribution in [0.15, 0.2) is 60.7 Å².